The first-order valence-electron chi connectivity index (χ1n) is 8.79. The highest BCUT2D eigenvalue weighted by Gasteiger charge is 2.52. The molecule has 5 heteroatoms. The third kappa shape index (κ3) is 2.44. The van der Waals surface area contributed by atoms with E-state index in [2.05, 4.69) is 32.9 Å². The standard InChI is InChI=1S/C17H28N2O2Si/c1-4-22(5-2,6-3)21-16-15-12-9-13-18(15)17(20)19(16)14-10-7-8-11-14/h7-8,10,15-16H,4-6,9,11-13H2,1-3H3/t15-,16+/m0/s1. The van der Waals surface area contributed by atoms with E-state index in [1.807, 2.05) is 15.9 Å². The van der Waals surface area contributed by atoms with E-state index in [0.717, 1.165) is 49.6 Å². The molecule has 1 aliphatic carbocycles. The SMILES string of the molecule is CC[Si](CC)(CC)O[C@@H]1[C@@H]2CCCN2C(=O)N1C1=CC=CC1. The molecule has 0 N–H and O–H groups in total. The van der Waals surface area contributed by atoms with Gasteiger partial charge < -0.3 is 9.33 Å². The molecule has 2 saturated heterocycles. The van der Waals surface area contributed by atoms with Crippen LogP contribution < -0.4 is 0 Å². The van der Waals surface area contributed by atoms with Gasteiger partial charge in [-0.1, -0.05) is 32.9 Å². The van der Waals surface area contributed by atoms with Gasteiger partial charge >= 0.3 is 6.03 Å². The molecule has 2 amide bonds. The molecule has 2 fully saturated rings. The van der Waals surface area contributed by atoms with E-state index in [1.54, 1.807) is 0 Å². The minimum absolute atomic E-state index is 0.0623. The normalized spacial score (nSPS) is 27.8. The van der Waals surface area contributed by atoms with Crippen LogP contribution in [0.1, 0.15) is 40.0 Å². The zero-order chi connectivity index (χ0) is 15.7. The number of carbonyl (C=O) groups is 1. The van der Waals surface area contributed by atoms with E-state index in [-0.39, 0.29) is 18.3 Å². The molecule has 122 valence electrons. The van der Waals surface area contributed by atoms with Crippen LogP contribution in [0.2, 0.25) is 18.1 Å². The summed E-state index contributed by atoms with van der Waals surface area (Å²) in [5, 5.41) is 0. The predicted molar refractivity (Wildman–Crippen MR) is 90.9 cm³/mol. The van der Waals surface area contributed by atoms with Crippen LogP contribution >= 0.6 is 0 Å². The van der Waals surface area contributed by atoms with E-state index >= 15 is 0 Å². The van der Waals surface area contributed by atoms with E-state index < -0.39 is 8.32 Å². The second-order valence-corrected chi connectivity index (χ2v) is 11.3. The van der Waals surface area contributed by atoms with Gasteiger partial charge in [0.05, 0.1) is 6.04 Å². The largest absolute Gasteiger partial charge is 0.395 e. The summed E-state index contributed by atoms with van der Waals surface area (Å²) in [6.45, 7) is 7.65. The quantitative estimate of drug-likeness (QED) is 0.691. The Kier molecular flexibility index (Phi) is 4.46. The second kappa shape index (κ2) is 6.20. The van der Waals surface area contributed by atoms with Crippen molar-refractivity contribution in [1.29, 1.82) is 0 Å². The van der Waals surface area contributed by atoms with Gasteiger partial charge in [0.25, 0.3) is 0 Å². The minimum atomic E-state index is -1.73. The van der Waals surface area contributed by atoms with Crippen LogP contribution in [0.5, 0.6) is 0 Å². The molecular formula is C17H28N2O2Si. The minimum Gasteiger partial charge on any atom is -0.395 e. The Labute approximate surface area is 134 Å². The zero-order valence-corrected chi connectivity index (χ0v) is 15.0. The van der Waals surface area contributed by atoms with Gasteiger partial charge in [0, 0.05) is 18.7 Å². The fourth-order valence-electron chi connectivity index (χ4n) is 4.03. The van der Waals surface area contributed by atoms with Crippen molar-refractivity contribution in [3.63, 3.8) is 0 Å². The van der Waals surface area contributed by atoms with E-state index in [0.29, 0.717) is 0 Å². The second-order valence-electron chi connectivity index (χ2n) is 6.60. The van der Waals surface area contributed by atoms with E-state index in [9.17, 15) is 4.79 Å². The molecule has 3 rings (SSSR count). The van der Waals surface area contributed by atoms with Crippen LogP contribution in [0.3, 0.4) is 0 Å². The van der Waals surface area contributed by atoms with Gasteiger partial charge in [0.1, 0.15) is 6.23 Å². The van der Waals surface area contributed by atoms with Gasteiger partial charge in [0.15, 0.2) is 8.32 Å². The van der Waals surface area contributed by atoms with Crippen LogP contribution in [-0.2, 0) is 4.43 Å². The lowest BCUT2D eigenvalue weighted by Crippen LogP contribution is -2.48. The molecule has 0 bridgehead atoms. The summed E-state index contributed by atoms with van der Waals surface area (Å²) in [5.74, 6) is 0. The van der Waals surface area contributed by atoms with E-state index in [1.165, 1.54) is 0 Å². The van der Waals surface area contributed by atoms with Gasteiger partial charge in [-0.05, 0) is 37.0 Å². The van der Waals surface area contributed by atoms with Crippen molar-refractivity contribution in [3.8, 4) is 0 Å². The van der Waals surface area contributed by atoms with Crippen molar-refractivity contribution >= 4 is 14.3 Å². The highest BCUT2D eigenvalue weighted by molar-refractivity contribution is 6.73. The monoisotopic (exact) mass is 320 g/mol. The third-order valence-electron chi connectivity index (χ3n) is 5.70. The summed E-state index contributed by atoms with van der Waals surface area (Å²) in [7, 11) is -1.73. The molecule has 2 atom stereocenters. The van der Waals surface area contributed by atoms with Crippen molar-refractivity contribution in [3.05, 3.63) is 23.9 Å². The van der Waals surface area contributed by atoms with Crippen molar-refractivity contribution < 1.29 is 9.22 Å². The molecule has 0 spiro atoms. The van der Waals surface area contributed by atoms with Crippen molar-refractivity contribution in [2.75, 3.05) is 6.54 Å². The Morgan fingerprint density at radius 3 is 2.59 bits per heavy atom. The molecule has 0 radical (unpaired) electrons. The number of hydrogen-bond donors (Lipinski definition) is 0. The van der Waals surface area contributed by atoms with Crippen molar-refractivity contribution in [2.24, 2.45) is 0 Å². The maximum Gasteiger partial charge on any atom is 0.326 e. The first-order chi connectivity index (χ1) is 10.7. The van der Waals surface area contributed by atoms with Crippen LogP contribution in [0, 0.1) is 0 Å². The molecule has 0 aromatic carbocycles. The van der Waals surface area contributed by atoms with Crippen molar-refractivity contribution in [2.45, 2.75) is 70.4 Å². The molecule has 2 aliphatic heterocycles. The number of allylic oxidation sites excluding steroid dienone is 3. The predicted octanol–water partition coefficient (Wildman–Crippen LogP) is 4.08. The number of amides is 2. The number of nitrogens with zero attached hydrogens (tertiary/aromatic N) is 2. The Hall–Kier alpha value is -1.07. The summed E-state index contributed by atoms with van der Waals surface area (Å²) < 4.78 is 6.79. The highest BCUT2D eigenvalue weighted by atomic mass is 28.4. The molecule has 0 aromatic heterocycles. The van der Waals surface area contributed by atoms with E-state index in [4.69, 9.17) is 4.43 Å². The van der Waals surface area contributed by atoms with Crippen LogP contribution in [0.15, 0.2) is 23.9 Å². The summed E-state index contributed by atoms with van der Waals surface area (Å²) in [5.41, 5.74) is 1.11. The smallest absolute Gasteiger partial charge is 0.326 e. The summed E-state index contributed by atoms with van der Waals surface area (Å²) in [6, 6.07) is 3.80. The fourth-order valence-corrected chi connectivity index (χ4v) is 6.81. The van der Waals surface area contributed by atoms with Gasteiger partial charge in [0.2, 0.25) is 0 Å². The molecule has 22 heavy (non-hydrogen) atoms. The average Bonchev–Trinajstić information content (AvgIpc) is 3.25. The lowest BCUT2D eigenvalue weighted by Gasteiger charge is -2.37. The molecule has 4 nitrogen and oxygen atoms in total. The summed E-state index contributed by atoms with van der Waals surface area (Å²) >= 11 is 0. The first kappa shape index (κ1) is 15.8. The van der Waals surface area contributed by atoms with Crippen LogP contribution in [0.25, 0.3) is 0 Å². The number of urea groups is 1. The lowest BCUT2D eigenvalue weighted by molar-refractivity contribution is 0.0668. The fraction of sp³-hybridized carbons (Fsp3) is 0.706. The molecule has 3 aliphatic rings. The number of fused-ring (bicyclic) bond motifs is 1. The number of carbonyl (C=O) groups excluding carboxylic acids is 1. The maximum atomic E-state index is 12.9. The third-order valence-corrected chi connectivity index (χ3v) is 10.3. The van der Waals surface area contributed by atoms with Gasteiger partial charge in [-0.3, -0.25) is 4.90 Å². The van der Waals surface area contributed by atoms with Gasteiger partial charge in [-0.25, -0.2) is 4.79 Å². The molecule has 0 unspecified atom stereocenters. The topological polar surface area (TPSA) is 32.8 Å². The Morgan fingerprint density at radius 1 is 1.27 bits per heavy atom. The Morgan fingerprint density at radius 2 is 2.00 bits per heavy atom. The lowest BCUT2D eigenvalue weighted by atomic mass is 10.2. The highest BCUT2D eigenvalue weighted by Crippen LogP contribution is 2.39. The zero-order valence-electron chi connectivity index (χ0n) is 14.0. The number of rotatable bonds is 6. The molecule has 0 saturated carbocycles. The van der Waals surface area contributed by atoms with Gasteiger partial charge in [-0.2, -0.15) is 0 Å². The molecule has 2 heterocycles. The Bertz CT molecular complexity index is 491. The Balaban J connectivity index is 1.88. The van der Waals surface area contributed by atoms with Gasteiger partial charge in [-0.15, -0.1) is 0 Å². The van der Waals surface area contributed by atoms with Crippen LogP contribution in [-0.4, -0.2) is 43.0 Å². The summed E-state index contributed by atoms with van der Waals surface area (Å²) in [4.78, 5) is 16.9. The first-order valence-corrected chi connectivity index (χ1v) is 11.3. The van der Waals surface area contributed by atoms with Crippen molar-refractivity contribution in [1.82, 2.24) is 9.80 Å². The summed E-state index contributed by atoms with van der Waals surface area (Å²) in [6.07, 6.45) is 9.22. The average molecular weight is 321 g/mol. The van der Waals surface area contributed by atoms with Crippen LogP contribution in [0.4, 0.5) is 4.79 Å². The maximum absolute atomic E-state index is 12.9. The number of hydrogen-bond acceptors (Lipinski definition) is 2. The molecule has 0 aromatic rings. The molecular weight excluding hydrogens is 292 g/mol.